The van der Waals surface area contributed by atoms with Gasteiger partial charge in [-0.15, -0.1) is 0 Å². The fraction of sp³-hybridized carbons (Fsp3) is 0.625. The van der Waals surface area contributed by atoms with Crippen molar-refractivity contribution in [3.8, 4) is 0 Å². The zero-order valence-corrected chi connectivity index (χ0v) is 13.4. The van der Waals surface area contributed by atoms with Gasteiger partial charge in [-0.1, -0.05) is 36.2 Å². The van der Waals surface area contributed by atoms with Gasteiger partial charge >= 0.3 is 0 Å². The van der Waals surface area contributed by atoms with E-state index in [1.165, 1.54) is 0 Å². The Morgan fingerprint density at radius 1 is 1.30 bits per heavy atom. The fourth-order valence-corrected chi connectivity index (χ4v) is 3.99. The van der Waals surface area contributed by atoms with Gasteiger partial charge < -0.3 is 9.47 Å². The van der Waals surface area contributed by atoms with Crippen LogP contribution in [0.5, 0.6) is 0 Å². The van der Waals surface area contributed by atoms with Crippen LogP contribution in [0.3, 0.4) is 0 Å². The monoisotopic (exact) mass is 314 g/mol. The van der Waals surface area contributed by atoms with Crippen LogP contribution in [-0.4, -0.2) is 17.3 Å². The second kappa shape index (κ2) is 5.17. The molecule has 0 aliphatic carbocycles. The van der Waals surface area contributed by atoms with Crippen LogP contribution < -0.4 is 0 Å². The SMILES string of the molecule is CC[C@@]12CC[C@@](C)(O1)[C@@H](OCc1c(Cl)cccc1Cl)C2. The lowest BCUT2D eigenvalue weighted by atomic mass is 9.79. The van der Waals surface area contributed by atoms with Gasteiger partial charge in [0.1, 0.15) is 0 Å². The van der Waals surface area contributed by atoms with Gasteiger partial charge in [0.05, 0.1) is 23.9 Å². The van der Waals surface area contributed by atoms with Crippen molar-refractivity contribution in [3.05, 3.63) is 33.8 Å². The molecule has 1 aromatic carbocycles. The molecule has 0 unspecified atom stereocenters. The van der Waals surface area contributed by atoms with Crippen molar-refractivity contribution < 1.29 is 9.47 Å². The molecular formula is C16H20Cl2O2. The molecule has 20 heavy (non-hydrogen) atoms. The number of halogens is 2. The molecule has 2 heterocycles. The first-order chi connectivity index (χ1) is 9.48. The van der Waals surface area contributed by atoms with Crippen LogP contribution >= 0.6 is 23.2 Å². The van der Waals surface area contributed by atoms with Crippen molar-refractivity contribution in [2.24, 2.45) is 0 Å². The Kier molecular flexibility index (Phi) is 3.79. The third kappa shape index (κ3) is 2.37. The number of benzene rings is 1. The number of hydrogen-bond acceptors (Lipinski definition) is 2. The summed E-state index contributed by atoms with van der Waals surface area (Å²) in [5.74, 6) is 0. The van der Waals surface area contributed by atoms with E-state index in [1.807, 2.05) is 18.2 Å². The maximum atomic E-state index is 6.27. The highest BCUT2D eigenvalue weighted by atomic mass is 35.5. The van der Waals surface area contributed by atoms with E-state index < -0.39 is 0 Å². The zero-order chi connectivity index (χ0) is 14.4. The Bertz CT molecular complexity index is 499. The average molecular weight is 315 g/mol. The van der Waals surface area contributed by atoms with E-state index in [0.717, 1.165) is 31.2 Å². The summed E-state index contributed by atoms with van der Waals surface area (Å²) in [6.45, 7) is 4.80. The standard InChI is InChI=1S/C16H20Cl2O2/c1-3-16-8-7-15(2,20-16)14(9-16)19-10-11-12(17)5-4-6-13(11)18/h4-6,14H,3,7-10H2,1-2H3/t14-,15+,16-/m0/s1. The van der Waals surface area contributed by atoms with Gasteiger partial charge in [-0.05, 0) is 38.3 Å². The molecule has 2 fully saturated rings. The van der Waals surface area contributed by atoms with E-state index in [4.69, 9.17) is 32.7 Å². The van der Waals surface area contributed by atoms with Gasteiger partial charge in [-0.25, -0.2) is 0 Å². The summed E-state index contributed by atoms with van der Waals surface area (Å²) in [4.78, 5) is 0. The summed E-state index contributed by atoms with van der Waals surface area (Å²) in [5.41, 5.74) is 0.751. The molecule has 0 N–H and O–H groups in total. The normalized spacial score (nSPS) is 35.7. The molecule has 0 amide bonds. The molecule has 2 nitrogen and oxygen atoms in total. The molecule has 2 aliphatic rings. The Hall–Kier alpha value is -0.280. The van der Waals surface area contributed by atoms with Crippen LogP contribution in [0.15, 0.2) is 18.2 Å². The highest BCUT2D eigenvalue weighted by Crippen LogP contribution is 2.53. The van der Waals surface area contributed by atoms with Gasteiger partial charge in [-0.3, -0.25) is 0 Å². The molecule has 2 saturated heterocycles. The average Bonchev–Trinajstić information content (AvgIpc) is 2.90. The van der Waals surface area contributed by atoms with Crippen LogP contribution in [0.25, 0.3) is 0 Å². The summed E-state index contributed by atoms with van der Waals surface area (Å²) in [6.07, 6.45) is 4.37. The predicted octanol–water partition coefficient (Wildman–Crippen LogP) is 5.00. The molecule has 3 atom stereocenters. The van der Waals surface area contributed by atoms with Gasteiger partial charge in [0.25, 0.3) is 0 Å². The van der Waals surface area contributed by atoms with E-state index >= 15 is 0 Å². The Morgan fingerprint density at radius 2 is 2.00 bits per heavy atom. The molecule has 0 spiro atoms. The maximum absolute atomic E-state index is 6.27. The van der Waals surface area contributed by atoms with Gasteiger partial charge in [0.15, 0.2) is 0 Å². The molecule has 0 saturated carbocycles. The minimum atomic E-state index is -0.149. The van der Waals surface area contributed by atoms with Crippen molar-refractivity contribution in [1.29, 1.82) is 0 Å². The van der Waals surface area contributed by atoms with E-state index in [2.05, 4.69) is 13.8 Å². The lowest BCUT2D eigenvalue weighted by molar-refractivity contribution is -0.0866. The molecular weight excluding hydrogens is 295 g/mol. The van der Waals surface area contributed by atoms with Crippen molar-refractivity contribution in [1.82, 2.24) is 0 Å². The van der Waals surface area contributed by atoms with Crippen molar-refractivity contribution >= 4 is 23.2 Å². The second-order valence-corrected chi connectivity index (χ2v) is 6.97. The summed E-state index contributed by atoms with van der Waals surface area (Å²) >= 11 is 12.4. The number of rotatable bonds is 4. The largest absolute Gasteiger partial charge is 0.370 e. The van der Waals surface area contributed by atoms with Crippen molar-refractivity contribution in [2.45, 2.75) is 63.4 Å². The van der Waals surface area contributed by atoms with Gasteiger partial charge in [0, 0.05) is 22.0 Å². The van der Waals surface area contributed by atoms with Gasteiger partial charge in [-0.2, -0.15) is 0 Å². The van der Waals surface area contributed by atoms with E-state index in [1.54, 1.807) is 0 Å². The molecule has 4 heteroatoms. The maximum Gasteiger partial charge on any atom is 0.0924 e. The minimum Gasteiger partial charge on any atom is -0.370 e. The van der Waals surface area contributed by atoms with Crippen molar-refractivity contribution in [3.63, 3.8) is 0 Å². The van der Waals surface area contributed by atoms with E-state index in [-0.39, 0.29) is 17.3 Å². The van der Waals surface area contributed by atoms with Crippen LogP contribution in [0.1, 0.15) is 45.1 Å². The highest BCUT2D eigenvalue weighted by molar-refractivity contribution is 6.35. The first kappa shape index (κ1) is 14.6. The zero-order valence-electron chi connectivity index (χ0n) is 11.9. The summed E-state index contributed by atoms with van der Waals surface area (Å²) in [5, 5.41) is 1.33. The molecule has 2 aliphatic heterocycles. The number of hydrogen-bond donors (Lipinski definition) is 0. The van der Waals surface area contributed by atoms with Crippen LogP contribution in [0, 0.1) is 0 Å². The molecule has 2 bridgehead atoms. The fourth-order valence-electron chi connectivity index (χ4n) is 3.48. The van der Waals surface area contributed by atoms with Gasteiger partial charge in [0.2, 0.25) is 0 Å². The highest BCUT2D eigenvalue weighted by Gasteiger charge is 2.58. The van der Waals surface area contributed by atoms with E-state index in [9.17, 15) is 0 Å². The summed E-state index contributed by atoms with van der Waals surface area (Å²) in [6, 6.07) is 5.54. The second-order valence-electron chi connectivity index (χ2n) is 6.16. The molecule has 1 aromatic rings. The predicted molar refractivity (Wildman–Crippen MR) is 81.4 cm³/mol. The molecule has 0 aromatic heterocycles. The molecule has 110 valence electrons. The Morgan fingerprint density at radius 3 is 2.60 bits per heavy atom. The lowest BCUT2D eigenvalue weighted by Gasteiger charge is -2.29. The number of ether oxygens (including phenoxy) is 2. The first-order valence-electron chi connectivity index (χ1n) is 7.23. The number of fused-ring (bicyclic) bond motifs is 2. The van der Waals surface area contributed by atoms with Crippen LogP contribution in [0.4, 0.5) is 0 Å². The molecule has 3 rings (SSSR count). The molecule has 0 radical (unpaired) electrons. The smallest absolute Gasteiger partial charge is 0.0924 e. The Labute approximate surface area is 130 Å². The third-order valence-corrected chi connectivity index (χ3v) is 5.61. The summed E-state index contributed by atoms with van der Waals surface area (Å²) < 4.78 is 12.4. The quantitative estimate of drug-likeness (QED) is 0.778. The summed E-state index contributed by atoms with van der Waals surface area (Å²) in [7, 11) is 0. The third-order valence-electron chi connectivity index (χ3n) is 4.90. The lowest BCUT2D eigenvalue weighted by Crippen LogP contribution is -2.37. The van der Waals surface area contributed by atoms with Crippen molar-refractivity contribution in [2.75, 3.05) is 0 Å². The topological polar surface area (TPSA) is 18.5 Å². The minimum absolute atomic E-state index is 0.0314. The van der Waals surface area contributed by atoms with Crippen LogP contribution in [-0.2, 0) is 16.1 Å². The van der Waals surface area contributed by atoms with E-state index in [0.29, 0.717) is 16.7 Å². The van der Waals surface area contributed by atoms with Crippen LogP contribution in [0.2, 0.25) is 10.0 Å². The Balaban J connectivity index is 1.71. The first-order valence-corrected chi connectivity index (χ1v) is 7.98.